The van der Waals surface area contributed by atoms with Crippen LogP contribution < -0.4 is 0 Å². The Labute approximate surface area is 92.9 Å². The Morgan fingerprint density at radius 2 is 1.88 bits per heavy atom. The molecule has 0 bridgehead atoms. The van der Waals surface area contributed by atoms with E-state index in [4.69, 9.17) is 15.3 Å². The number of aliphatic hydroxyl groups is 4. The van der Waals surface area contributed by atoms with E-state index in [0.717, 1.165) is 0 Å². The standard InChI is InChI=1S/C9H18O7/c1-5(11)3-9(15,7(12)4-10)6(2)16-8(13)14/h5-7,10-12,15H,3-4H2,1-2H3,(H,13,14)/t5-,6?,7+,9+/m1/s1. The Balaban J connectivity index is 4.82. The summed E-state index contributed by atoms with van der Waals surface area (Å²) in [6.45, 7) is 1.83. The first-order valence-corrected chi connectivity index (χ1v) is 4.83. The van der Waals surface area contributed by atoms with Crippen LogP contribution in [0.4, 0.5) is 4.79 Å². The van der Waals surface area contributed by atoms with Crippen molar-refractivity contribution in [1.82, 2.24) is 0 Å². The molecule has 0 saturated carbocycles. The molecular weight excluding hydrogens is 220 g/mol. The first-order valence-electron chi connectivity index (χ1n) is 4.83. The van der Waals surface area contributed by atoms with Crippen LogP contribution in [0.2, 0.25) is 0 Å². The highest BCUT2D eigenvalue weighted by Gasteiger charge is 2.44. The van der Waals surface area contributed by atoms with Crippen LogP contribution in [0.5, 0.6) is 0 Å². The SMILES string of the molecule is CC(OC(=O)O)[C@@](O)(C[C@@H](C)O)[C@@H](O)CO. The molecule has 0 aliphatic rings. The van der Waals surface area contributed by atoms with Gasteiger partial charge in [-0.25, -0.2) is 4.79 Å². The summed E-state index contributed by atoms with van der Waals surface area (Å²) in [7, 11) is 0. The molecule has 0 spiro atoms. The number of hydrogen-bond donors (Lipinski definition) is 5. The van der Waals surface area contributed by atoms with Gasteiger partial charge in [0.1, 0.15) is 17.8 Å². The molecule has 5 N–H and O–H groups in total. The lowest BCUT2D eigenvalue weighted by molar-refractivity contribution is -0.171. The van der Waals surface area contributed by atoms with Crippen LogP contribution in [0.15, 0.2) is 0 Å². The van der Waals surface area contributed by atoms with Crippen LogP contribution in [0, 0.1) is 0 Å². The number of rotatable bonds is 6. The summed E-state index contributed by atoms with van der Waals surface area (Å²) in [4.78, 5) is 10.3. The van der Waals surface area contributed by atoms with Gasteiger partial charge in [-0.3, -0.25) is 0 Å². The Bertz CT molecular complexity index is 230. The molecule has 7 nitrogen and oxygen atoms in total. The predicted molar refractivity (Wildman–Crippen MR) is 52.9 cm³/mol. The molecule has 0 aliphatic carbocycles. The van der Waals surface area contributed by atoms with Crippen molar-refractivity contribution in [2.75, 3.05) is 6.61 Å². The van der Waals surface area contributed by atoms with Gasteiger partial charge >= 0.3 is 6.16 Å². The average molecular weight is 238 g/mol. The average Bonchev–Trinajstić information content (AvgIpc) is 2.14. The van der Waals surface area contributed by atoms with E-state index in [1.165, 1.54) is 13.8 Å². The van der Waals surface area contributed by atoms with Crippen molar-refractivity contribution < 1.29 is 35.1 Å². The van der Waals surface area contributed by atoms with Crippen LogP contribution in [0.1, 0.15) is 20.3 Å². The molecule has 0 amide bonds. The van der Waals surface area contributed by atoms with Crippen LogP contribution in [-0.4, -0.2) is 62.2 Å². The molecule has 1 unspecified atom stereocenters. The summed E-state index contributed by atoms with van der Waals surface area (Å²) in [5.74, 6) is 0. The molecule has 0 aliphatic heterocycles. The zero-order valence-corrected chi connectivity index (χ0v) is 9.20. The number of carbonyl (C=O) groups is 1. The van der Waals surface area contributed by atoms with E-state index in [0.29, 0.717) is 0 Å². The highest BCUT2D eigenvalue weighted by Crippen LogP contribution is 2.24. The summed E-state index contributed by atoms with van der Waals surface area (Å²) >= 11 is 0. The maximum atomic E-state index is 10.3. The minimum absolute atomic E-state index is 0.316. The first-order chi connectivity index (χ1) is 7.24. The van der Waals surface area contributed by atoms with Crippen molar-refractivity contribution in [1.29, 1.82) is 0 Å². The zero-order chi connectivity index (χ0) is 12.9. The van der Waals surface area contributed by atoms with Gasteiger partial charge in [0.05, 0.1) is 12.7 Å². The van der Waals surface area contributed by atoms with Gasteiger partial charge in [-0.2, -0.15) is 0 Å². The van der Waals surface area contributed by atoms with Gasteiger partial charge in [-0.15, -0.1) is 0 Å². The van der Waals surface area contributed by atoms with Gasteiger partial charge in [0.2, 0.25) is 0 Å². The minimum Gasteiger partial charge on any atom is -0.450 e. The Morgan fingerprint density at radius 3 is 2.19 bits per heavy atom. The fraction of sp³-hybridized carbons (Fsp3) is 0.889. The smallest absolute Gasteiger partial charge is 0.450 e. The molecule has 0 saturated heterocycles. The second-order valence-corrected chi connectivity index (χ2v) is 3.77. The lowest BCUT2D eigenvalue weighted by Gasteiger charge is -2.37. The second kappa shape index (κ2) is 6.00. The fourth-order valence-electron chi connectivity index (χ4n) is 1.46. The van der Waals surface area contributed by atoms with E-state index >= 15 is 0 Å². The molecule has 0 rings (SSSR count). The first kappa shape index (κ1) is 15.1. The zero-order valence-electron chi connectivity index (χ0n) is 9.20. The van der Waals surface area contributed by atoms with Gasteiger partial charge in [0.15, 0.2) is 0 Å². The Morgan fingerprint density at radius 1 is 1.38 bits per heavy atom. The van der Waals surface area contributed by atoms with E-state index in [1.807, 2.05) is 0 Å². The van der Waals surface area contributed by atoms with Gasteiger partial charge in [-0.1, -0.05) is 0 Å². The maximum Gasteiger partial charge on any atom is 0.506 e. The van der Waals surface area contributed by atoms with E-state index in [-0.39, 0.29) is 6.42 Å². The molecular formula is C9H18O7. The third kappa shape index (κ3) is 3.93. The largest absolute Gasteiger partial charge is 0.506 e. The number of aliphatic hydroxyl groups excluding tert-OH is 3. The Kier molecular flexibility index (Phi) is 5.66. The van der Waals surface area contributed by atoms with Crippen molar-refractivity contribution in [2.24, 2.45) is 0 Å². The third-order valence-corrected chi connectivity index (χ3v) is 2.35. The van der Waals surface area contributed by atoms with Crippen molar-refractivity contribution in [2.45, 2.75) is 44.2 Å². The number of carboxylic acid groups (broad SMARTS) is 1. The normalized spacial score (nSPS) is 20.6. The minimum atomic E-state index is -2.03. The van der Waals surface area contributed by atoms with Crippen molar-refractivity contribution in [3.05, 3.63) is 0 Å². The third-order valence-electron chi connectivity index (χ3n) is 2.35. The molecule has 0 radical (unpaired) electrons. The number of ether oxygens (including phenoxy) is 1. The molecule has 0 aromatic rings. The van der Waals surface area contributed by atoms with Crippen LogP contribution in [0.25, 0.3) is 0 Å². The van der Waals surface area contributed by atoms with Gasteiger partial charge in [0.25, 0.3) is 0 Å². The summed E-state index contributed by atoms with van der Waals surface area (Å²) < 4.78 is 4.32. The maximum absolute atomic E-state index is 10.3. The molecule has 96 valence electrons. The lowest BCUT2D eigenvalue weighted by Crippen LogP contribution is -2.55. The molecule has 0 fully saturated rings. The molecule has 0 aromatic carbocycles. The summed E-state index contributed by atoms with van der Waals surface area (Å²) in [5.41, 5.74) is -2.03. The topological polar surface area (TPSA) is 127 Å². The molecule has 0 aromatic heterocycles. The van der Waals surface area contributed by atoms with Gasteiger partial charge in [0, 0.05) is 6.42 Å². The summed E-state index contributed by atoms with van der Waals surface area (Å²) in [6.07, 6.45) is -5.78. The number of hydrogen-bond acceptors (Lipinski definition) is 6. The van der Waals surface area contributed by atoms with E-state index in [9.17, 15) is 15.0 Å². The van der Waals surface area contributed by atoms with Crippen molar-refractivity contribution in [3.63, 3.8) is 0 Å². The molecule has 16 heavy (non-hydrogen) atoms. The molecule has 4 atom stereocenters. The summed E-state index contributed by atoms with van der Waals surface area (Å²) in [5, 5.41) is 45.8. The van der Waals surface area contributed by atoms with E-state index < -0.39 is 36.7 Å². The fourth-order valence-corrected chi connectivity index (χ4v) is 1.46. The van der Waals surface area contributed by atoms with Gasteiger partial charge < -0.3 is 30.3 Å². The quantitative estimate of drug-likeness (QED) is 0.372. The predicted octanol–water partition coefficient (Wildman–Crippen LogP) is -1.08. The van der Waals surface area contributed by atoms with E-state index in [2.05, 4.69) is 4.74 Å². The van der Waals surface area contributed by atoms with Gasteiger partial charge in [-0.05, 0) is 13.8 Å². The Hall–Kier alpha value is -0.890. The highest BCUT2D eigenvalue weighted by molar-refractivity contribution is 5.57. The lowest BCUT2D eigenvalue weighted by atomic mass is 9.86. The summed E-state index contributed by atoms with van der Waals surface area (Å²) in [6, 6.07) is 0. The molecule has 0 heterocycles. The van der Waals surface area contributed by atoms with Crippen molar-refractivity contribution >= 4 is 6.16 Å². The second-order valence-electron chi connectivity index (χ2n) is 3.77. The highest BCUT2D eigenvalue weighted by atomic mass is 16.7. The van der Waals surface area contributed by atoms with E-state index in [1.54, 1.807) is 0 Å². The van der Waals surface area contributed by atoms with Crippen LogP contribution in [0.3, 0.4) is 0 Å². The van der Waals surface area contributed by atoms with Crippen molar-refractivity contribution in [3.8, 4) is 0 Å². The monoisotopic (exact) mass is 238 g/mol. The van der Waals surface area contributed by atoms with Crippen LogP contribution >= 0.6 is 0 Å². The van der Waals surface area contributed by atoms with Crippen LogP contribution in [-0.2, 0) is 4.74 Å². The molecule has 7 heteroatoms.